The molecule has 0 unspecified atom stereocenters. The van der Waals surface area contributed by atoms with Crippen LogP contribution >= 0.6 is 0 Å². The van der Waals surface area contributed by atoms with E-state index >= 15 is 0 Å². The minimum absolute atomic E-state index is 0.708. The molecule has 0 saturated heterocycles. The molecule has 0 aliphatic rings. The second kappa shape index (κ2) is 5.61. The lowest BCUT2D eigenvalue weighted by molar-refractivity contribution is 0.416. The summed E-state index contributed by atoms with van der Waals surface area (Å²) in [5.41, 5.74) is 9.01. The van der Waals surface area contributed by atoms with Gasteiger partial charge in [0.25, 0.3) is 0 Å². The maximum Gasteiger partial charge on any atom is 0.142 e. The maximum absolute atomic E-state index is 5.45. The lowest BCUT2D eigenvalue weighted by atomic mass is 10.1. The first-order chi connectivity index (χ1) is 7.19. The van der Waals surface area contributed by atoms with Gasteiger partial charge in [0.05, 0.1) is 12.8 Å². The summed E-state index contributed by atoms with van der Waals surface area (Å²) in [6.07, 6.45) is 0.968. The van der Waals surface area contributed by atoms with Gasteiger partial charge in [0.2, 0.25) is 0 Å². The van der Waals surface area contributed by atoms with Crippen molar-refractivity contribution in [2.45, 2.75) is 20.3 Å². The lowest BCUT2D eigenvalue weighted by Gasteiger charge is -2.13. The number of nitrogens with one attached hydrogen (secondary N) is 1. The lowest BCUT2D eigenvalue weighted by Crippen LogP contribution is -2.09. The summed E-state index contributed by atoms with van der Waals surface area (Å²) in [7, 11) is 1.69. The molecule has 0 aliphatic heterocycles. The molecular weight excluding hydrogens is 188 g/mol. The molecule has 3 N–H and O–H groups in total. The summed E-state index contributed by atoms with van der Waals surface area (Å²) in [6.45, 7) is 5.78. The van der Waals surface area contributed by atoms with Crippen LogP contribution in [0.2, 0.25) is 0 Å². The standard InChI is InChI=1S/C12H20N2O/c1-9-7-11(14-6-4-5-13)12(15-3)8-10(9)2/h7-8,14H,4-6,13H2,1-3H3. The van der Waals surface area contributed by atoms with Gasteiger partial charge >= 0.3 is 0 Å². The van der Waals surface area contributed by atoms with Crippen molar-refractivity contribution >= 4 is 5.69 Å². The first-order valence-electron chi connectivity index (χ1n) is 5.28. The number of hydrogen-bond acceptors (Lipinski definition) is 3. The van der Waals surface area contributed by atoms with Crippen LogP contribution in [-0.4, -0.2) is 20.2 Å². The Hall–Kier alpha value is -1.22. The highest BCUT2D eigenvalue weighted by Crippen LogP contribution is 2.27. The molecular formula is C12H20N2O. The Morgan fingerprint density at radius 1 is 1.27 bits per heavy atom. The van der Waals surface area contributed by atoms with Crippen LogP contribution in [0.5, 0.6) is 5.75 Å². The van der Waals surface area contributed by atoms with Gasteiger partial charge in [-0.25, -0.2) is 0 Å². The Morgan fingerprint density at radius 2 is 1.93 bits per heavy atom. The average molecular weight is 208 g/mol. The van der Waals surface area contributed by atoms with Crippen molar-refractivity contribution < 1.29 is 4.74 Å². The Labute approximate surface area is 91.6 Å². The fraction of sp³-hybridized carbons (Fsp3) is 0.500. The normalized spacial score (nSPS) is 10.1. The van der Waals surface area contributed by atoms with Gasteiger partial charge in [-0.05, 0) is 50.1 Å². The van der Waals surface area contributed by atoms with Crippen LogP contribution < -0.4 is 15.8 Å². The van der Waals surface area contributed by atoms with Gasteiger partial charge in [0.1, 0.15) is 5.75 Å². The van der Waals surface area contributed by atoms with Crippen LogP contribution in [0, 0.1) is 13.8 Å². The van der Waals surface area contributed by atoms with Gasteiger partial charge in [0.15, 0.2) is 0 Å². The smallest absolute Gasteiger partial charge is 0.142 e. The van der Waals surface area contributed by atoms with E-state index in [2.05, 4.69) is 31.3 Å². The monoisotopic (exact) mass is 208 g/mol. The molecule has 3 nitrogen and oxygen atoms in total. The molecule has 84 valence electrons. The molecule has 0 bridgehead atoms. The van der Waals surface area contributed by atoms with Crippen molar-refractivity contribution in [2.75, 3.05) is 25.5 Å². The molecule has 3 heteroatoms. The minimum Gasteiger partial charge on any atom is -0.495 e. The first kappa shape index (κ1) is 11.9. The van der Waals surface area contributed by atoms with E-state index in [1.807, 2.05) is 0 Å². The third-order valence-electron chi connectivity index (χ3n) is 2.51. The van der Waals surface area contributed by atoms with E-state index in [4.69, 9.17) is 10.5 Å². The summed E-state index contributed by atoms with van der Waals surface area (Å²) < 4.78 is 5.32. The zero-order valence-electron chi connectivity index (χ0n) is 9.76. The van der Waals surface area contributed by atoms with Crippen molar-refractivity contribution in [1.29, 1.82) is 0 Å². The number of anilines is 1. The molecule has 1 aromatic rings. The SMILES string of the molecule is COc1cc(C)c(C)cc1NCCCN. The van der Waals surface area contributed by atoms with E-state index < -0.39 is 0 Å². The number of methoxy groups -OCH3 is 1. The van der Waals surface area contributed by atoms with E-state index in [9.17, 15) is 0 Å². The predicted molar refractivity (Wildman–Crippen MR) is 64.6 cm³/mol. The maximum atomic E-state index is 5.45. The molecule has 0 aromatic heterocycles. The summed E-state index contributed by atoms with van der Waals surface area (Å²) >= 11 is 0. The highest BCUT2D eigenvalue weighted by atomic mass is 16.5. The van der Waals surface area contributed by atoms with Gasteiger partial charge in [-0.15, -0.1) is 0 Å². The second-order valence-corrected chi connectivity index (χ2v) is 3.71. The minimum atomic E-state index is 0.708. The summed E-state index contributed by atoms with van der Waals surface area (Å²) in [5, 5.41) is 3.33. The van der Waals surface area contributed by atoms with Gasteiger partial charge in [0, 0.05) is 6.54 Å². The molecule has 0 spiro atoms. The van der Waals surface area contributed by atoms with Crippen LogP contribution in [-0.2, 0) is 0 Å². The second-order valence-electron chi connectivity index (χ2n) is 3.71. The topological polar surface area (TPSA) is 47.3 Å². The molecule has 0 atom stereocenters. The van der Waals surface area contributed by atoms with Crippen molar-refractivity contribution in [1.82, 2.24) is 0 Å². The molecule has 0 fully saturated rings. The van der Waals surface area contributed by atoms with Gasteiger partial charge in [-0.3, -0.25) is 0 Å². The van der Waals surface area contributed by atoms with E-state index in [1.165, 1.54) is 11.1 Å². The number of aryl methyl sites for hydroxylation is 2. The van der Waals surface area contributed by atoms with Crippen LogP contribution in [0.4, 0.5) is 5.69 Å². The van der Waals surface area contributed by atoms with Crippen LogP contribution in [0.1, 0.15) is 17.5 Å². The number of ether oxygens (including phenoxy) is 1. The predicted octanol–water partition coefficient (Wildman–Crippen LogP) is 2.07. The zero-order valence-corrected chi connectivity index (χ0v) is 9.76. The Balaban J connectivity index is 2.80. The molecule has 0 amide bonds. The number of benzene rings is 1. The quantitative estimate of drug-likeness (QED) is 0.728. The fourth-order valence-electron chi connectivity index (χ4n) is 1.42. The molecule has 15 heavy (non-hydrogen) atoms. The summed E-state index contributed by atoms with van der Waals surface area (Å²) in [4.78, 5) is 0. The third-order valence-corrected chi connectivity index (χ3v) is 2.51. The van der Waals surface area contributed by atoms with Gasteiger partial charge < -0.3 is 15.8 Å². The van der Waals surface area contributed by atoms with Crippen LogP contribution in [0.3, 0.4) is 0 Å². The Bertz CT molecular complexity index is 324. The fourth-order valence-corrected chi connectivity index (χ4v) is 1.42. The van der Waals surface area contributed by atoms with Crippen molar-refractivity contribution in [3.05, 3.63) is 23.3 Å². The Morgan fingerprint density at radius 3 is 2.53 bits per heavy atom. The van der Waals surface area contributed by atoms with Gasteiger partial charge in [-0.2, -0.15) is 0 Å². The first-order valence-corrected chi connectivity index (χ1v) is 5.28. The zero-order chi connectivity index (χ0) is 11.3. The third kappa shape index (κ3) is 3.13. The molecule has 0 heterocycles. The molecule has 1 aromatic carbocycles. The van der Waals surface area contributed by atoms with E-state index in [-0.39, 0.29) is 0 Å². The van der Waals surface area contributed by atoms with E-state index in [0.29, 0.717) is 6.54 Å². The molecule has 0 radical (unpaired) electrons. The van der Waals surface area contributed by atoms with Crippen molar-refractivity contribution in [3.63, 3.8) is 0 Å². The number of hydrogen-bond donors (Lipinski definition) is 2. The summed E-state index contributed by atoms with van der Waals surface area (Å²) in [5.74, 6) is 0.898. The van der Waals surface area contributed by atoms with Crippen LogP contribution in [0.15, 0.2) is 12.1 Å². The largest absolute Gasteiger partial charge is 0.495 e. The average Bonchev–Trinajstić information content (AvgIpc) is 2.23. The van der Waals surface area contributed by atoms with E-state index in [1.54, 1.807) is 7.11 Å². The Kier molecular flexibility index (Phi) is 4.43. The number of rotatable bonds is 5. The highest BCUT2D eigenvalue weighted by Gasteiger charge is 2.04. The van der Waals surface area contributed by atoms with Crippen molar-refractivity contribution in [3.8, 4) is 5.75 Å². The molecule has 1 rings (SSSR count). The van der Waals surface area contributed by atoms with E-state index in [0.717, 1.165) is 24.4 Å². The summed E-state index contributed by atoms with van der Waals surface area (Å²) in [6, 6.07) is 4.17. The molecule has 0 aliphatic carbocycles. The van der Waals surface area contributed by atoms with Crippen molar-refractivity contribution in [2.24, 2.45) is 5.73 Å². The molecule has 0 saturated carbocycles. The number of nitrogens with two attached hydrogens (primary N) is 1. The van der Waals surface area contributed by atoms with Gasteiger partial charge in [-0.1, -0.05) is 0 Å². The highest BCUT2D eigenvalue weighted by molar-refractivity contribution is 5.59. The van der Waals surface area contributed by atoms with Crippen LogP contribution in [0.25, 0.3) is 0 Å².